The number of ether oxygens (including phenoxy) is 10. The zero-order valence-corrected chi connectivity index (χ0v) is 33.7. The van der Waals surface area contributed by atoms with Gasteiger partial charge in [-0.1, -0.05) is 103 Å². The van der Waals surface area contributed by atoms with Gasteiger partial charge in [0, 0.05) is 12.3 Å². The summed E-state index contributed by atoms with van der Waals surface area (Å²) in [5.74, 6) is 0.777. The summed E-state index contributed by atoms with van der Waals surface area (Å²) in [5, 5.41) is 0. The van der Waals surface area contributed by atoms with Gasteiger partial charge in [0.1, 0.15) is 12.4 Å². The van der Waals surface area contributed by atoms with Crippen LogP contribution in [0.4, 0.5) is 5.69 Å². The maximum atomic E-state index is 5.69. The van der Waals surface area contributed by atoms with Gasteiger partial charge < -0.3 is 53.1 Å². The zero-order valence-electron chi connectivity index (χ0n) is 33.7. The van der Waals surface area contributed by atoms with Crippen LogP contribution in [0.3, 0.4) is 0 Å². The van der Waals surface area contributed by atoms with Crippen molar-refractivity contribution >= 4 is 5.69 Å². The number of benzene rings is 1. The van der Waals surface area contributed by atoms with E-state index in [4.69, 9.17) is 53.1 Å². The van der Waals surface area contributed by atoms with Crippen LogP contribution >= 0.6 is 0 Å². The third-order valence-corrected chi connectivity index (χ3v) is 8.49. The molecule has 0 radical (unpaired) electrons. The monoisotopic (exact) mass is 758 g/mol. The predicted octanol–water partition coefficient (Wildman–Crippen LogP) is 8.06. The highest BCUT2D eigenvalue weighted by Crippen LogP contribution is 2.14. The third-order valence-electron chi connectivity index (χ3n) is 8.49. The first-order valence-electron chi connectivity index (χ1n) is 21.0. The highest BCUT2D eigenvalue weighted by atomic mass is 16.6. The van der Waals surface area contributed by atoms with Crippen molar-refractivity contribution in [3.8, 4) is 5.75 Å². The molecule has 1 rings (SSSR count). The molecule has 0 heterocycles. The van der Waals surface area contributed by atoms with Crippen LogP contribution in [0.1, 0.15) is 110 Å². The van der Waals surface area contributed by atoms with E-state index in [1.807, 2.05) is 12.1 Å². The van der Waals surface area contributed by atoms with Crippen LogP contribution in [0.5, 0.6) is 5.75 Å². The number of nitrogen functional groups attached to an aromatic ring is 1. The largest absolute Gasteiger partial charge is 0.491 e. The normalized spacial score (nSPS) is 11.5. The van der Waals surface area contributed by atoms with Gasteiger partial charge in [-0.3, -0.25) is 0 Å². The van der Waals surface area contributed by atoms with E-state index >= 15 is 0 Å². The molecule has 0 aliphatic rings. The lowest BCUT2D eigenvalue weighted by atomic mass is 10.0. The molecule has 0 aliphatic carbocycles. The van der Waals surface area contributed by atoms with E-state index in [9.17, 15) is 0 Å². The zero-order chi connectivity index (χ0) is 37.8. The molecule has 0 saturated heterocycles. The molecule has 0 fully saturated rings. The van der Waals surface area contributed by atoms with E-state index in [-0.39, 0.29) is 0 Å². The van der Waals surface area contributed by atoms with Gasteiger partial charge in [-0.2, -0.15) is 0 Å². The van der Waals surface area contributed by atoms with Crippen LogP contribution in [-0.4, -0.2) is 126 Å². The molecule has 0 aliphatic heterocycles. The van der Waals surface area contributed by atoms with Crippen molar-refractivity contribution < 1.29 is 47.4 Å². The molecule has 0 atom stereocenters. The summed E-state index contributed by atoms with van der Waals surface area (Å²) in [6.07, 6.45) is 22.2. The molecule has 0 amide bonds. The molecule has 11 heteroatoms. The van der Waals surface area contributed by atoms with Crippen molar-refractivity contribution in [1.29, 1.82) is 0 Å². The highest BCUT2D eigenvalue weighted by Gasteiger charge is 1.98. The van der Waals surface area contributed by atoms with Crippen LogP contribution < -0.4 is 10.5 Å². The van der Waals surface area contributed by atoms with Crippen LogP contribution in [-0.2, 0) is 42.6 Å². The molecular weight excluding hydrogens is 678 g/mol. The molecule has 0 bridgehead atoms. The van der Waals surface area contributed by atoms with E-state index in [0.29, 0.717) is 125 Å². The van der Waals surface area contributed by atoms with E-state index in [1.165, 1.54) is 96.3 Å². The SMILES string of the molecule is CCCCCCCCCCCCCCCCCCOCCOCCOCCOCCOCCOCCOCCOCCOCCOc1ccc(N)cc1. The van der Waals surface area contributed by atoms with Gasteiger partial charge in [0.15, 0.2) is 0 Å². The molecule has 11 nitrogen and oxygen atoms in total. The summed E-state index contributed by atoms with van der Waals surface area (Å²) in [6.45, 7) is 12.8. The smallest absolute Gasteiger partial charge is 0.119 e. The van der Waals surface area contributed by atoms with Crippen molar-refractivity contribution in [2.24, 2.45) is 0 Å². The van der Waals surface area contributed by atoms with Crippen molar-refractivity contribution in [3.63, 3.8) is 0 Å². The fourth-order valence-electron chi connectivity index (χ4n) is 5.40. The lowest BCUT2D eigenvalue weighted by Crippen LogP contribution is -2.15. The Balaban J connectivity index is 1.61. The molecule has 0 saturated carbocycles. The second-order valence-corrected chi connectivity index (χ2v) is 13.2. The van der Waals surface area contributed by atoms with Gasteiger partial charge in [-0.05, 0) is 30.7 Å². The van der Waals surface area contributed by atoms with Gasteiger partial charge >= 0.3 is 0 Å². The van der Waals surface area contributed by atoms with Crippen LogP contribution in [0.2, 0.25) is 0 Å². The summed E-state index contributed by atoms with van der Waals surface area (Å²) >= 11 is 0. The molecule has 312 valence electrons. The summed E-state index contributed by atoms with van der Waals surface area (Å²) in [5.41, 5.74) is 6.37. The summed E-state index contributed by atoms with van der Waals surface area (Å²) in [6, 6.07) is 7.29. The highest BCUT2D eigenvalue weighted by molar-refractivity contribution is 5.41. The fourth-order valence-corrected chi connectivity index (χ4v) is 5.40. The van der Waals surface area contributed by atoms with E-state index in [1.54, 1.807) is 12.1 Å². The number of unbranched alkanes of at least 4 members (excludes halogenated alkanes) is 15. The minimum atomic E-state index is 0.481. The second kappa shape index (κ2) is 43.2. The third kappa shape index (κ3) is 40.0. The quantitative estimate of drug-likeness (QED) is 0.0514. The first-order chi connectivity index (χ1) is 26.3. The summed E-state index contributed by atoms with van der Waals surface area (Å²) in [7, 11) is 0. The van der Waals surface area contributed by atoms with Crippen molar-refractivity contribution in [3.05, 3.63) is 24.3 Å². The van der Waals surface area contributed by atoms with Crippen LogP contribution in [0.15, 0.2) is 24.3 Å². The average molecular weight is 758 g/mol. The van der Waals surface area contributed by atoms with Crippen LogP contribution in [0.25, 0.3) is 0 Å². The van der Waals surface area contributed by atoms with Crippen molar-refractivity contribution in [1.82, 2.24) is 0 Å². The molecule has 53 heavy (non-hydrogen) atoms. The second-order valence-electron chi connectivity index (χ2n) is 13.2. The van der Waals surface area contributed by atoms with Gasteiger partial charge in [0.25, 0.3) is 0 Å². The van der Waals surface area contributed by atoms with E-state index < -0.39 is 0 Å². The molecule has 0 spiro atoms. The van der Waals surface area contributed by atoms with Crippen molar-refractivity contribution in [2.75, 3.05) is 131 Å². The number of anilines is 1. The van der Waals surface area contributed by atoms with Crippen LogP contribution in [0, 0.1) is 0 Å². The molecule has 1 aromatic carbocycles. The van der Waals surface area contributed by atoms with E-state index in [0.717, 1.165) is 18.8 Å². The Kier molecular flexibility index (Phi) is 40.3. The number of rotatable bonds is 45. The van der Waals surface area contributed by atoms with Gasteiger partial charge in [0.2, 0.25) is 0 Å². The Morgan fingerprint density at radius 1 is 0.302 bits per heavy atom. The lowest BCUT2D eigenvalue weighted by molar-refractivity contribution is -0.0254. The molecule has 0 unspecified atom stereocenters. The summed E-state index contributed by atoms with van der Waals surface area (Å²) in [4.78, 5) is 0. The predicted molar refractivity (Wildman–Crippen MR) is 213 cm³/mol. The van der Waals surface area contributed by atoms with E-state index in [2.05, 4.69) is 6.92 Å². The Bertz CT molecular complexity index is 820. The first kappa shape index (κ1) is 49.5. The molecular formula is C42H79NO10. The number of nitrogens with two attached hydrogens (primary N) is 1. The number of hydrogen-bond donors (Lipinski definition) is 1. The topological polar surface area (TPSA) is 118 Å². The Morgan fingerprint density at radius 3 is 0.849 bits per heavy atom. The molecule has 0 aromatic heterocycles. The number of hydrogen-bond acceptors (Lipinski definition) is 11. The Morgan fingerprint density at radius 2 is 0.547 bits per heavy atom. The average Bonchev–Trinajstić information content (AvgIpc) is 3.17. The minimum absolute atomic E-state index is 0.481. The maximum Gasteiger partial charge on any atom is 0.119 e. The first-order valence-corrected chi connectivity index (χ1v) is 21.0. The molecule has 1 aromatic rings. The summed E-state index contributed by atoms with van der Waals surface area (Å²) < 4.78 is 55.4. The Hall–Kier alpha value is -1.54. The lowest BCUT2D eigenvalue weighted by Gasteiger charge is -2.09. The fraction of sp³-hybridized carbons (Fsp3) is 0.857. The maximum absolute atomic E-state index is 5.69. The van der Waals surface area contributed by atoms with Crippen molar-refractivity contribution in [2.45, 2.75) is 110 Å². The Labute approximate surface area is 323 Å². The van der Waals surface area contributed by atoms with Gasteiger partial charge in [0.05, 0.1) is 112 Å². The minimum Gasteiger partial charge on any atom is -0.491 e. The standard InChI is InChI=1S/C42H79NO10/c1-2-3-4-5-6-7-8-9-10-11-12-13-14-15-16-17-22-44-23-24-45-25-26-46-27-28-47-29-30-48-31-32-49-33-34-50-35-36-51-37-38-52-39-40-53-42-20-18-41(43)19-21-42/h18-21H,2-17,22-40,43H2,1H3. The van der Waals surface area contributed by atoms with Gasteiger partial charge in [-0.15, -0.1) is 0 Å². The molecule has 2 N–H and O–H groups in total. The van der Waals surface area contributed by atoms with Gasteiger partial charge in [-0.25, -0.2) is 0 Å².